The van der Waals surface area contributed by atoms with E-state index in [2.05, 4.69) is 12.0 Å². The second-order valence-electron chi connectivity index (χ2n) is 5.00. The van der Waals surface area contributed by atoms with Crippen LogP contribution in [0.3, 0.4) is 0 Å². The highest BCUT2D eigenvalue weighted by atomic mass is 16.2. The minimum atomic E-state index is 0.0240. The standard InChI is InChI=1S/C17H21N3O/c1-3-4-12-19(2)17(21)11-10-15-13-18-20(14-15)16-8-6-5-7-9-16/h5-11,13-14H,3-4,12H2,1-2H3/b11-10+. The fraction of sp³-hybridized carbons (Fsp3) is 0.294. The van der Waals surface area contributed by atoms with Gasteiger partial charge in [0.15, 0.2) is 0 Å². The molecule has 0 saturated heterocycles. The molecule has 4 heteroatoms. The van der Waals surface area contributed by atoms with Crippen LogP contribution in [0.5, 0.6) is 0 Å². The summed E-state index contributed by atoms with van der Waals surface area (Å²) in [4.78, 5) is 13.6. The van der Waals surface area contributed by atoms with Gasteiger partial charge in [0, 0.05) is 31.4 Å². The SMILES string of the molecule is CCCCN(C)C(=O)/C=C/c1cnn(-c2ccccc2)c1. The van der Waals surface area contributed by atoms with E-state index in [1.54, 1.807) is 27.9 Å². The number of benzene rings is 1. The van der Waals surface area contributed by atoms with E-state index in [1.165, 1.54) is 0 Å². The van der Waals surface area contributed by atoms with Gasteiger partial charge in [-0.1, -0.05) is 31.5 Å². The second-order valence-corrected chi connectivity index (χ2v) is 5.00. The van der Waals surface area contributed by atoms with Crippen molar-refractivity contribution in [2.24, 2.45) is 0 Å². The normalized spacial score (nSPS) is 11.0. The summed E-state index contributed by atoms with van der Waals surface area (Å²) in [6.45, 7) is 2.91. The van der Waals surface area contributed by atoms with Crippen LogP contribution in [-0.4, -0.2) is 34.2 Å². The Hall–Kier alpha value is -2.36. The predicted octanol–water partition coefficient (Wildman–Crippen LogP) is 3.14. The summed E-state index contributed by atoms with van der Waals surface area (Å²) in [5, 5.41) is 4.30. The Bertz CT molecular complexity index is 602. The Morgan fingerprint density at radius 3 is 2.81 bits per heavy atom. The molecule has 0 aliphatic carbocycles. The van der Waals surface area contributed by atoms with Gasteiger partial charge in [0.1, 0.15) is 0 Å². The van der Waals surface area contributed by atoms with E-state index in [1.807, 2.05) is 43.6 Å². The minimum Gasteiger partial charge on any atom is -0.342 e. The fourth-order valence-corrected chi connectivity index (χ4v) is 1.94. The molecular weight excluding hydrogens is 262 g/mol. The summed E-state index contributed by atoms with van der Waals surface area (Å²) in [5.74, 6) is 0.0240. The monoisotopic (exact) mass is 283 g/mol. The first kappa shape index (κ1) is 15.0. The van der Waals surface area contributed by atoms with Gasteiger partial charge in [0.05, 0.1) is 11.9 Å². The minimum absolute atomic E-state index is 0.0240. The zero-order valence-corrected chi connectivity index (χ0v) is 12.6. The molecule has 1 heterocycles. The van der Waals surface area contributed by atoms with Crippen LogP contribution < -0.4 is 0 Å². The number of hydrogen-bond donors (Lipinski definition) is 0. The average molecular weight is 283 g/mol. The Morgan fingerprint density at radius 1 is 1.33 bits per heavy atom. The number of aromatic nitrogens is 2. The molecule has 0 atom stereocenters. The molecule has 1 amide bonds. The first-order chi connectivity index (χ1) is 10.2. The number of amides is 1. The molecule has 0 spiro atoms. The van der Waals surface area contributed by atoms with Crippen molar-refractivity contribution in [2.45, 2.75) is 19.8 Å². The van der Waals surface area contributed by atoms with Gasteiger partial charge in [-0.05, 0) is 24.6 Å². The molecule has 21 heavy (non-hydrogen) atoms. The zero-order valence-electron chi connectivity index (χ0n) is 12.6. The summed E-state index contributed by atoms with van der Waals surface area (Å²) < 4.78 is 1.80. The summed E-state index contributed by atoms with van der Waals surface area (Å²) in [6.07, 6.45) is 9.18. The number of carbonyl (C=O) groups excluding carboxylic acids is 1. The molecule has 0 aliphatic rings. The van der Waals surface area contributed by atoms with Crippen molar-refractivity contribution in [1.29, 1.82) is 0 Å². The largest absolute Gasteiger partial charge is 0.342 e. The van der Waals surface area contributed by atoms with E-state index in [4.69, 9.17) is 0 Å². The first-order valence-electron chi connectivity index (χ1n) is 7.24. The van der Waals surface area contributed by atoms with Gasteiger partial charge >= 0.3 is 0 Å². The van der Waals surface area contributed by atoms with E-state index in [9.17, 15) is 4.79 Å². The molecule has 2 aromatic rings. The average Bonchev–Trinajstić information content (AvgIpc) is 3.00. The second kappa shape index (κ2) is 7.43. The number of hydrogen-bond acceptors (Lipinski definition) is 2. The molecule has 1 aromatic heterocycles. The molecule has 2 rings (SSSR count). The maximum absolute atomic E-state index is 11.9. The van der Waals surface area contributed by atoms with Crippen LogP contribution >= 0.6 is 0 Å². The molecule has 110 valence electrons. The van der Waals surface area contributed by atoms with Crippen molar-refractivity contribution in [3.63, 3.8) is 0 Å². The highest BCUT2D eigenvalue weighted by molar-refractivity contribution is 5.91. The summed E-state index contributed by atoms with van der Waals surface area (Å²) in [5.41, 5.74) is 1.92. The maximum atomic E-state index is 11.9. The quantitative estimate of drug-likeness (QED) is 0.764. The number of para-hydroxylation sites is 1. The molecular formula is C17H21N3O. The molecule has 4 nitrogen and oxygen atoms in total. The van der Waals surface area contributed by atoms with Crippen LogP contribution in [0.1, 0.15) is 25.3 Å². The number of rotatable bonds is 6. The van der Waals surface area contributed by atoms with Crippen molar-refractivity contribution in [1.82, 2.24) is 14.7 Å². The number of unbranched alkanes of at least 4 members (excludes halogenated alkanes) is 1. The Labute approximate surface area is 125 Å². The Morgan fingerprint density at radius 2 is 2.10 bits per heavy atom. The van der Waals surface area contributed by atoms with E-state index < -0.39 is 0 Å². The maximum Gasteiger partial charge on any atom is 0.246 e. The predicted molar refractivity (Wildman–Crippen MR) is 85.1 cm³/mol. The van der Waals surface area contributed by atoms with Gasteiger partial charge in [-0.15, -0.1) is 0 Å². The van der Waals surface area contributed by atoms with Crippen molar-refractivity contribution in [2.75, 3.05) is 13.6 Å². The first-order valence-corrected chi connectivity index (χ1v) is 7.24. The lowest BCUT2D eigenvalue weighted by Gasteiger charge is -2.13. The van der Waals surface area contributed by atoms with Crippen molar-refractivity contribution < 1.29 is 4.79 Å². The lowest BCUT2D eigenvalue weighted by molar-refractivity contribution is -0.124. The van der Waals surface area contributed by atoms with Crippen LogP contribution in [0, 0.1) is 0 Å². The number of likely N-dealkylation sites (N-methyl/N-ethyl adjacent to an activating group) is 1. The molecule has 0 aliphatic heterocycles. The Kier molecular flexibility index (Phi) is 5.32. The van der Waals surface area contributed by atoms with Crippen molar-refractivity contribution in [3.8, 4) is 5.69 Å². The lowest BCUT2D eigenvalue weighted by atomic mass is 10.3. The third-order valence-electron chi connectivity index (χ3n) is 3.26. The van der Waals surface area contributed by atoms with Gasteiger partial charge in [-0.2, -0.15) is 5.10 Å². The fourth-order valence-electron chi connectivity index (χ4n) is 1.94. The van der Waals surface area contributed by atoms with Crippen molar-refractivity contribution in [3.05, 3.63) is 54.4 Å². The highest BCUT2D eigenvalue weighted by Crippen LogP contribution is 2.09. The van der Waals surface area contributed by atoms with Crippen LogP contribution in [0.2, 0.25) is 0 Å². The molecule has 0 bridgehead atoms. The van der Waals surface area contributed by atoms with E-state index >= 15 is 0 Å². The number of carbonyl (C=O) groups is 1. The van der Waals surface area contributed by atoms with Gasteiger partial charge in [0.25, 0.3) is 0 Å². The third-order valence-corrected chi connectivity index (χ3v) is 3.26. The smallest absolute Gasteiger partial charge is 0.246 e. The summed E-state index contributed by atoms with van der Waals surface area (Å²) >= 11 is 0. The zero-order chi connectivity index (χ0) is 15.1. The van der Waals surface area contributed by atoms with Gasteiger partial charge in [-0.25, -0.2) is 4.68 Å². The van der Waals surface area contributed by atoms with E-state index in [0.717, 1.165) is 30.6 Å². The Balaban J connectivity index is 1.99. The molecule has 0 fully saturated rings. The molecule has 1 aromatic carbocycles. The molecule has 0 unspecified atom stereocenters. The molecule has 0 N–H and O–H groups in total. The summed E-state index contributed by atoms with van der Waals surface area (Å²) in [7, 11) is 1.83. The topological polar surface area (TPSA) is 38.1 Å². The van der Waals surface area contributed by atoms with E-state index in [0.29, 0.717) is 0 Å². The van der Waals surface area contributed by atoms with Gasteiger partial charge in [-0.3, -0.25) is 4.79 Å². The highest BCUT2D eigenvalue weighted by Gasteiger charge is 2.04. The lowest BCUT2D eigenvalue weighted by Crippen LogP contribution is -2.25. The molecule has 0 radical (unpaired) electrons. The van der Waals surface area contributed by atoms with Crippen LogP contribution in [0.4, 0.5) is 0 Å². The van der Waals surface area contributed by atoms with E-state index in [-0.39, 0.29) is 5.91 Å². The number of nitrogens with zero attached hydrogens (tertiary/aromatic N) is 3. The van der Waals surface area contributed by atoms with Crippen LogP contribution in [0.15, 0.2) is 48.8 Å². The van der Waals surface area contributed by atoms with Crippen LogP contribution in [0.25, 0.3) is 11.8 Å². The third kappa shape index (κ3) is 4.31. The van der Waals surface area contributed by atoms with Gasteiger partial charge in [0.2, 0.25) is 5.91 Å². The van der Waals surface area contributed by atoms with Gasteiger partial charge < -0.3 is 4.90 Å². The van der Waals surface area contributed by atoms with Crippen LogP contribution in [-0.2, 0) is 4.79 Å². The van der Waals surface area contributed by atoms with Crippen molar-refractivity contribution >= 4 is 12.0 Å². The summed E-state index contributed by atoms with van der Waals surface area (Å²) in [6, 6.07) is 9.89. The molecule has 0 saturated carbocycles.